The fourth-order valence-corrected chi connectivity index (χ4v) is 1.20. The molecule has 0 rings (SSSR count). The molecule has 0 amide bonds. The monoisotopic (exact) mass is 258 g/mol. The van der Waals surface area contributed by atoms with Gasteiger partial charge in [-0.05, 0) is 12.8 Å². The highest BCUT2D eigenvalue weighted by atomic mass is 17.3. The minimum atomic E-state index is -1.04. The Hall–Kier alpha value is -1.33. The molecule has 0 bridgehead atoms. The van der Waals surface area contributed by atoms with Gasteiger partial charge in [0.2, 0.25) is 0 Å². The molecule has 0 fully saturated rings. The highest BCUT2D eigenvalue weighted by Gasteiger charge is 2.14. The first-order valence-electron chi connectivity index (χ1n) is 6.13. The summed E-state index contributed by atoms with van der Waals surface area (Å²) in [6.45, 7) is 11.1. The van der Waals surface area contributed by atoms with E-state index in [1.807, 2.05) is 13.8 Å². The Morgan fingerprint density at radius 1 is 1.00 bits per heavy atom. The van der Waals surface area contributed by atoms with Gasteiger partial charge in [0.05, 0.1) is 0 Å². The van der Waals surface area contributed by atoms with Crippen molar-refractivity contribution in [2.24, 2.45) is 0 Å². The number of hydrogen-bond acceptors (Lipinski definition) is 5. The second-order valence-electron chi connectivity index (χ2n) is 3.73. The van der Waals surface area contributed by atoms with Crippen LogP contribution in [0.3, 0.4) is 0 Å². The van der Waals surface area contributed by atoms with Gasteiger partial charge in [0, 0.05) is 0 Å². The van der Waals surface area contributed by atoms with Gasteiger partial charge in [0.25, 0.3) is 0 Å². The molecule has 0 aliphatic carbocycles. The van der Waals surface area contributed by atoms with E-state index in [2.05, 4.69) is 22.9 Å². The van der Waals surface area contributed by atoms with Crippen LogP contribution in [-0.2, 0) is 19.6 Å². The minimum absolute atomic E-state index is 0.339. The van der Waals surface area contributed by atoms with E-state index in [0.717, 1.165) is 12.8 Å². The Labute approximate surface area is 108 Å². The Morgan fingerprint density at radius 3 is 1.67 bits per heavy atom. The van der Waals surface area contributed by atoms with E-state index in [0.29, 0.717) is 12.8 Å². The zero-order valence-corrected chi connectivity index (χ0v) is 11.1. The molecule has 0 saturated carbocycles. The van der Waals surface area contributed by atoms with Gasteiger partial charge in [-0.25, -0.2) is 0 Å². The molecule has 0 aliphatic rings. The summed E-state index contributed by atoms with van der Waals surface area (Å²) >= 11 is 0. The van der Waals surface area contributed by atoms with Crippen LogP contribution in [0.4, 0.5) is 4.79 Å². The Morgan fingerprint density at radius 2 is 1.39 bits per heavy atom. The molecule has 0 heterocycles. The molecule has 0 aromatic carbocycles. The lowest BCUT2D eigenvalue weighted by molar-refractivity contribution is -0.338. The van der Waals surface area contributed by atoms with Gasteiger partial charge in [-0.15, -0.1) is 13.2 Å². The van der Waals surface area contributed by atoms with E-state index in [4.69, 9.17) is 9.78 Å². The summed E-state index contributed by atoms with van der Waals surface area (Å²) in [4.78, 5) is 29.6. The molecule has 104 valence electrons. The predicted molar refractivity (Wildman–Crippen MR) is 67.5 cm³/mol. The second-order valence-corrected chi connectivity index (χ2v) is 3.73. The Bertz CT molecular complexity index is 228. The van der Waals surface area contributed by atoms with Crippen LogP contribution in [-0.4, -0.2) is 18.4 Å². The van der Waals surface area contributed by atoms with Gasteiger partial charge in [0.1, 0.15) is 12.2 Å². The third-order valence-electron chi connectivity index (χ3n) is 2.15. The summed E-state index contributed by atoms with van der Waals surface area (Å²) in [5, 5.41) is 0. The van der Waals surface area contributed by atoms with Crippen molar-refractivity contribution in [1.29, 1.82) is 0 Å². The largest absolute Gasteiger partial charge is 0.573 e. The Kier molecular flexibility index (Phi) is 10.0. The van der Waals surface area contributed by atoms with Crippen LogP contribution in [0.25, 0.3) is 0 Å². The van der Waals surface area contributed by atoms with Gasteiger partial charge in [-0.3, -0.25) is 9.78 Å². The van der Waals surface area contributed by atoms with Crippen LogP contribution in [0.15, 0.2) is 25.3 Å². The topological polar surface area (TPSA) is 54.0 Å². The molecule has 0 aromatic heterocycles. The highest BCUT2D eigenvalue weighted by Crippen LogP contribution is 2.07. The summed E-state index contributed by atoms with van der Waals surface area (Å²) in [5.41, 5.74) is 0. The maximum Gasteiger partial charge on any atom is 0.573 e. The molecule has 0 N–H and O–H groups in total. The van der Waals surface area contributed by atoms with E-state index in [1.54, 1.807) is 12.2 Å². The molecule has 0 spiro atoms. The zero-order valence-electron chi connectivity index (χ0n) is 11.1. The van der Waals surface area contributed by atoms with Crippen molar-refractivity contribution in [3.63, 3.8) is 0 Å². The average Bonchev–Trinajstić information content (AvgIpc) is 2.39. The third kappa shape index (κ3) is 7.86. The van der Waals surface area contributed by atoms with E-state index >= 15 is 0 Å². The predicted octanol–water partition coefficient (Wildman–Crippen LogP) is 3.71. The highest BCUT2D eigenvalue weighted by molar-refractivity contribution is 5.58. The van der Waals surface area contributed by atoms with Crippen LogP contribution in [0.1, 0.15) is 39.5 Å². The van der Waals surface area contributed by atoms with Gasteiger partial charge in [-0.1, -0.05) is 38.8 Å². The van der Waals surface area contributed by atoms with Crippen molar-refractivity contribution in [3.8, 4) is 0 Å². The van der Waals surface area contributed by atoms with Gasteiger partial charge >= 0.3 is 6.16 Å². The summed E-state index contributed by atoms with van der Waals surface area (Å²) in [7, 11) is 0. The molecule has 2 unspecified atom stereocenters. The minimum Gasteiger partial charge on any atom is -0.257 e. The van der Waals surface area contributed by atoms with Crippen LogP contribution in [0.5, 0.6) is 0 Å². The standard InChI is InChI=1S/C13H22O5/c1-5-9-11(7-3)15-17-13(14)18-16-12(8-4)10-6-2/h7-8,11-12H,3-6,9-10H2,1-2H3. The van der Waals surface area contributed by atoms with Crippen LogP contribution >= 0.6 is 0 Å². The fourth-order valence-electron chi connectivity index (χ4n) is 1.20. The van der Waals surface area contributed by atoms with E-state index in [-0.39, 0.29) is 12.2 Å². The van der Waals surface area contributed by atoms with Crippen LogP contribution in [0.2, 0.25) is 0 Å². The fraction of sp³-hybridized carbons (Fsp3) is 0.615. The molecule has 18 heavy (non-hydrogen) atoms. The van der Waals surface area contributed by atoms with Gasteiger partial charge < -0.3 is 0 Å². The average molecular weight is 258 g/mol. The molecule has 0 radical (unpaired) electrons. The molecule has 2 atom stereocenters. The van der Waals surface area contributed by atoms with E-state index < -0.39 is 6.16 Å². The molecule has 5 nitrogen and oxygen atoms in total. The van der Waals surface area contributed by atoms with Crippen molar-refractivity contribution in [2.45, 2.75) is 51.7 Å². The smallest absolute Gasteiger partial charge is 0.257 e. The van der Waals surface area contributed by atoms with Crippen LogP contribution in [0, 0.1) is 0 Å². The maximum absolute atomic E-state index is 11.1. The molecule has 0 saturated heterocycles. The summed E-state index contributed by atoms with van der Waals surface area (Å²) < 4.78 is 0. The lowest BCUT2D eigenvalue weighted by Crippen LogP contribution is -2.18. The molecular formula is C13H22O5. The Balaban J connectivity index is 3.82. The van der Waals surface area contributed by atoms with E-state index in [1.165, 1.54) is 0 Å². The summed E-state index contributed by atoms with van der Waals surface area (Å²) in [6, 6.07) is 0. The number of rotatable bonds is 10. The third-order valence-corrected chi connectivity index (χ3v) is 2.15. The number of carbonyl (C=O) groups is 1. The first kappa shape index (κ1) is 16.7. The number of carbonyl (C=O) groups excluding carboxylic acids is 1. The lowest BCUT2D eigenvalue weighted by Gasteiger charge is -2.12. The van der Waals surface area contributed by atoms with Crippen LogP contribution < -0.4 is 0 Å². The lowest BCUT2D eigenvalue weighted by atomic mass is 10.2. The molecule has 5 heteroatoms. The maximum atomic E-state index is 11.1. The normalized spacial score (nSPS) is 13.4. The van der Waals surface area contributed by atoms with E-state index in [9.17, 15) is 4.79 Å². The van der Waals surface area contributed by atoms with Crippen molar-refractivity contribution < 1.29 is 24.3 Å². The van der Waals surface area contributed by atoms with Crippen molar-refractivity contribution in [3.05, 3.63) is 25.3 Å². The quantitative estimate of drug-likeness (QED) is 0.339. The van der Waals surface area contributed by atoms with Gasteiger partial charge in [-0.2, -0.15) is 14.6 Å². The van der Waals surface area contributed by atoms with Crippen molar-refractivity contribution >= 4 is 6.16 Å². The SMILES string of the molecule is C=CC(CCC)OOC(=O)OOC(C=C)CCC. The summed E-state index contributed by atoms with van der Waals surface area (Å²) in [6.07, 6.45) is 4.60. The second kappa shape index (κ2) is 10.8. The zero-order chi connectivity index (χ0) is 13.8. The molecular weight excluding hydrogens is 236 g/mol. The van der Waals surface area contributed by atoms with Crippen molar-refractivity contribution in [2.75, 3.05) is 0 Å². The number of hydrogen-bond donors (Lipinski definition) is 0. The van der Waals surface area contributed by atoms with Gasteiger partial charge in [0.15, 0.2) is 0 Å². The first-order valence-corrected chi connectivity index (χ1v) is 6.13. The summed E-state index contributed by atoms with van der Waals surface area (Å²) in [5.74, 6) is 0. The first-order chi connectivity index (χ1) is 8.67. The molecule has 0 aromatic rings. The van der Waals surface area contributed by atoms with Crippen molar-refractivity contribution in [1.82, 2.24) is 0 Å². The molecule has 0 aliphatic heterocycles.